The van der Waals surface area contributed by atoms with Gasteiger partial charge in [-0.2, -0.15) is 0 Å². The van der Waals surface area contributed by atoms with Crippen molar-refractivity contribution in [1.29, 1.82) is 0 Å². The Morgan fingerprint density at radius 3 is 2.71 bits per heavy atom. The molecule has 0 spiro atoms. The zero-order valence-corrected chi connectivity index (χ0v) is 17.4. The third-order valence-corrected chi connectivity index (χ3v) is 6.31. The van der Waals surface area contributed by atoms with E-state index >= 15 is 0 Å². The van der Waals surface area contributed by atoms with Gasteiger partial charge in [0.1, 0.15) is 6.04 Å². The van der Waals surface area contributed by atoms with E-state index in [-0.39, 0.29) is 17.9 Å². The molecule has 1 aliphatic carbocycles. The molecule has 1 saturated carbocycles. The monoisotopic (exact) mass is 386 g/mol. The molecule has 5 atom stereocenters. The van der Waals surface area contributed by atoms with Gasteiger partial charge in [0.2, 0.25) is 5.91 Å². The lowest BCUT2D eigenvalue weighted by Gasteiger charge is -2.32. The van der Waals surface area contributed by atoms with Crippen LogP contribution in [0.15, 0.2) is 30.3 Å². The van der Waals surface area contributed by atoms with Crippen LogP contribution in [0.4, 0.5) is 0 Å². The lowest BCUT2D eigenvalue weighted by Crippen LogP contribution is -2.53. The van der Waals surface area contributed by atoms with Crippen molar-refractivity contribution in [2.24, 2.45) is 5.92 Å². The van der Waals surface area contributed by atoms with Gasteiger partial charge in [0.15, 0.2) is 0 Å². The minimum atomic E-state index is -0.476. The van der Waals surface area contributed by atoms with Gasteiger partial charge in [0.25, 0.3) is 0 Å². The number of hydrogen-bond acceptors (Lipinski definition) is 4. The highest BCUT2D eigenvalue weighted by Gasteiger charge is 2.45. The number of esters is 1. The fourth-order valence-electron chi connectivity index (χ4n) is 4.98. The normalized spacial score (nSPS) is 26.0. The minimum Gasteiger partial charge on any atom is -0.465 e. The Morgan fingerprint density at radius 2 is 2.00 bits per heavy atom. The van der Waals surface area contributed by atoms with Crippen LogP contribution in [0.5, 0.6) is 0 Å². The second-order valence-corrected chi connectivity index (χ2v) is 8.31. The summed E-state index contributed by atoms with van der Waals surface area (Å²) in [5, 5.41) is 3.28. The minimum absolute atomic E-state index is 0.121. The maximum absolute atomic E-state index is 13.2. The highest BCUT2D eigenvalue weighted by molar-refractivity contribution is 5.84. The largest absolute Gasteiger partial charge is 0.465 e. The van der Waals surface area contributed by atoms with Gasteiger partial charge in [-0.1, -0.05) is 36.8 Å². The average molecular weight is 387 g/mol. The Labute approximate surface area is 168 Å². The molecule has 1 N–H and O–H groups in total. The van der Waals surface area contributed by atoms with Crippen LogP contribution in [-0.2, 0) is 20.7 Å². The van der Waals surface area contributed by atoms with Crippen molar-refractivity contribution in [3.05, 3.63) is 35.9 Å². The number of likely N-dealkylation sites (tertiary alicyclic amines) is 1. The van der Waals surface area contributed by atoms with Crippen molar-refractivity contribution >= 4 is 11.9 Å². The molecular formula is C23H34N2O3. The molecule has 3 rings (SSSR count). The Balaban J connectivity index is 1.63. The van der Waals surface area contributed by atoms with Crippen molar-refractivity contribution in [2.45, 2.75) is 83.5 Å². The Kier molecular flexibility index (Phi) is 7.11. The van der Waals surface area contributed by atoms with E-state index in [1.54, 1.807) is 0 Å². The molecule has 5 heteroatoms. The Hall–Kier alpha value is -1.88. The maximum Gasteiger partial charge on any atom is 0.323 e. The molecule has 0 radical (unpaired) electrons. The number of nitrogens with zero attached hydrogens (tertiary/aromatic N) is 1. The first-order valence-electron chi connectivity index (χ1n) is 10.8. The number of aryl methyl sites for hydroxylation is 1. The van der Waals surface area contributed by atoms with E-state index < -0.39 is 12.1 Å². The smallest absolute Gasteiger partial charge is 0.323 e. The molecule has 0 unspecified atom stereocenters. The predicted molar refractivity (Wildman–Crippen MR) is 110 cm³/mol. The van der Waals surface area contributed by atoms with Gasteiger partial charge >= 0.3 is 5.97 Å². The number of hydrogen-bond donors (Lipinski definition) is 1. The van der Waals surface area contributed by atoms with Gasteiger partial charge in [-0.05, 0) is 64.4 Å². The first-order chi connectivity index (χ1) is 13.5. The van der Waals surface area contributed by atoms with Crippen LogP contribution in [0, 0.1) is 5.92 Å². The van der Waals surface area contributed by atoms with Crippen LogP contribution in [0.1, 0.15) is 58.4 Å². The number of fused-ring (bicyclic) bond motifs is 1. The summed E-state index contributed by atoms with van der Waals surface area (Å²) in [4.78, 5) is 27.8. The van der Waals surface area contributed by atoms with Crippen LogP contribution >= 0.6 is 0 Å². The van der Waals surface area contributed by atoms with Gasteiger partial charge in [-0.25, -0.2) is 0 Å². The second kappa shape index (κ2) is 9.55. The standard InChI is InChI=1S/C23H34N2O3/c1-4-28-23(27)20(14-13-18-9-6-5-7-10-18)24-17(3)22(26)25-16(2)15-19-11-8-12-21(19)25/h5-7,9-10,16-17,19-21,24H,4,8,11-15H2,1-3H3/t16-,17+,19+,20+,21+/m1/s1. The number of nitrogens with one attached hydrogen (secondary N) is 1. The third-order valence-electron chi connectivity index (χ3n) is 6.31. The zero-order chi connectivity index (χ0) is 20.1. The highest BCUT2D eigenvalue weighted by atomic mass is 16.5. The van der Waals surface area contributed by atoms with E-state index in [1.165, 1.54) is 18.4 Å². The van der Waals surface area contributed by atoms with Crippen LogP contribution in [-0.4, -0.2) is 47.6 Å². The Morgan fingerprint density at radius 1 is 1.25 bits per heavy atom. The number of carbonyl (C=O) groups excluding carboxylic acids is 2. The lowest BCUT2D eigenvalue weighted by molar-refractivity contribution is -0.146. The summed E-state index contributed by atoms with van der Waals surface area (Å²) >= 11 is 0. The number of carbonyl (C=O) groups is 2. The summed E-state index contributed by atoms with van der Waals surface area (Å²) in [6.45, 7) is 6.19. The zero-order valence-electron chi connectivity index (χ0n) is 17.4. The molecule has 1 heterocycles. The number of amides is 1. The van der Waals surface area contributed by atoms with Crippen molar-refractivity contribution in [3.8, 4) is 0 Å². The first-order valence-corrected chi connectivity index (χ1v) is 10.8. The van der Waals surface area contributed by atoms with E-state index in [1.807, 2.05) is 32.0 Å². The molecule has 154 valence electrons. The van der Waals surface area contributed by atoms with Crippen molar-refractivity contribution in [3.63, 3.8) is 0 Å². The predicted octanol–water partition coefficient (Wildman–Crippen LogP) is 3.32. The number of rotatable bonds is 8. The summed E-state index contributed by atoms with van der Waals surface area (Å²) in [7, 11) is 0. The van der Waals surface area contributed by atoms with Crippen LogP contribution < -0.4 is 5.32 Å². The molecule has 1 amide bonds. The highest BCUT2D eigenvalue weighted by Crippen LogP contribution is 2.41. The number of ether oxygens (including phenoxy) is 1. The van der Waals surface area contributed by atoms with E-state index in [4.69, 9.17) is 4.74 Å². The molecule has 0 bridgehead atoms. The Bertz CT molecular complexity index is 663. The first kappa shape index (κ1) is 20.8. The summed E-state index contributed by atoms with van der Waals surface area (Å²) < 4.78 is 5.26. The van der Waals surface area contributed by atoms with Crippen molar-refractivity contribution < 1.29 is 14.3 Å². The molecule has 1 aromatic carbocycles. The molecule has 28 heavy (non-hydrogen) atoms. The third kappa shape index (κ3) is 4.75. The van der Waals surface area contributed by atoms with Gasteiger partial charge in [-0.15, -0.1) is 0 Å². The maximum atomic E-state index is 13.2. The second-order valence-electron chi connectivity index (χ2n) is 8.31. The lowest BCUT2D eigenvalue weighted by atomic mass is 10.0. The van der Waals surface area contributed by atoms with Gasteiger partial charge in [-0.3, -0.25) is 14.9 Å². The number of benzene rings is 1. The van der Waals surface area contributed by atoms with E-state index in [0.717, 1.165) is 19.3 Å². The fraction of sp³-hybridized carbons (Fsp3) is 0.652. The molecule has 0 aromatic heterocycles. The molecule has 1 aliphatic heterocycles. The van der Waals surface area contributed by atoms with Gasteiger partial charge < -0.3 is 9.64 Å². The SMILES string of the molecule is CCOC(=O)[C@H](CCc1ccccc1)N[C@@H](C)C(=O)N1[C@H](C)C[C@@H]2CCC[C@@H]21. The summed E-state index contributed by atoms with van der Waals surface area (Å²) in [6, 6.07) is 9.91. The van der Waals surface area contributed by atoms with Crippen molar-refractivity contribution in [2.75, 3.05) is 6.61 Å². The molecule has 5 nitrogen and oxygen atoms in total. The molecule has 1 aromatic rings. The van der Waals surface area contributed by atoms with Crippen molar-refractivity contribution in [1.82, 2.24) is 10.2 Å². The molecule has 2 aliphatic rings. The molecule has 2 fully saturated rings. The van der Waals surface area contributed by atoms with E-state index in [2.05, 4.69) is 29.3 Å². The van der Waals surface area contributed by atoms with Gasteiger partial charge in [0, 0.05) is 12.1 Å². The molecule has 1 saturated heterocycles. The van der Waals surface area contributed by atoms with E-state index in [9.17, 15) is 9.59 Å². The quantitative estimate of drug-likeness (QED) is 0.697. The summed E-state index contributed by atoms with van der Waals surface area (Å²) in [5.74, 6) is 0.507. The topological polar surface area (TPSA) is 58.6 Å². The van der Waals surface area contributed by atoms with Crippen LogP contribution in [0.25, 0.3) is 0 Å². The summed E-state index contributed by atoms with van der Waals surface area (Å²) in [6.07, 6.45) is 6.06. The fourth-order valence-corrected chi connectivity index (χ4v) is 4.98. The van der Waals surface area contributed by atoms with Crippen LogP contribution in [0.3, 0.4) is 0 Å². The summed E-state index contributed by atoms with van der Waals surface area (Å²) in [5.41, 5.74) is 1.18. The molecular weight excluding hydrogens is 352 g/mol. The average Bonchev–Trinajstić information content (AvgIpc) is 3.25. The van der Waals surface area contributed by atoms with Crippen LogP contribution in [0.2, 0.25) is 0 Å². The van der Waals surface area contributed by atoms with E-state index in [0.29, 0.717) is 25.0 Å². The van der Waals surface area contributed by atoms with Gasteiger partial charge in [0.05, 0.1) is 12.6 Å².